The Hall–Kier alpha value is -3.77. The lowest BCUT2D eigenvalue weighted by Gasteiger charge is -2.30. The SMILES string of the molecule is Cc1ccc(CNC(=O)C(C)(C)C)c(C)c1Cc1nc2nc(OCC(F)F)c(C(=O)NC3CCC(C(F)(F)F)CC3)cc2[nH]1. The topological polar surface area (TPSA) is 109 Å². The third-order valence-electron chi connectivity index (χ3n) is 8.01. The molecule has 8 nitrogen and oxygen atoms in total. The molecule has 4 rings (SSSR count). The highest BCUT2D eigenvalue weighted by Gasteiger charge is 2.41. The molecule has 0 unspecified atom stereocenters. The summed E-state index contributed by atoms with van der Waals surface area (Å²) in [6, 6.07) is 4.84. The lowest BCUT2D eigenvalue weighted by Crippen LogP contribution is -2.40. The van der Waals surface area contributed by atoms with Crippen LogP contribution in [0.3, 0.4) is 0 Å². The molecule has 1 saturated carbocycles. The van der Waals surface area contributed by atoms with Crippen LogP contribution in [0.1, 0.15) is 84.9 Å². The molecule has 3 N–H and O–H groups in total. The first-order chi connectivity index (χ1) is 20.5. The molecule has 2 heterocycles. The number of alkyl halides is 5. The van der Waals surface area contributed by atoms with E-state index in [0.29, 0.717) is 24.3 Å². The minimum atomic E-state index is -4.28. The van der Waals surface area contributed by atoms with Gasteiger partial charge in [0, 0.05) is 24.4 Å². The van der Waals surface area contributed by atoms with Crippen molar-refractivity contribution in [2.45, 2.75) is 91.9 Å². The van der Waals surface area contributed by atoms with Crippen LogP contribution in [-0.2, 0) is 17.8 Å². The Morgan fingerprint density at radius 3 is 2.36 bits per heavy atom. The maximum Gasteiger partial charge on any atom is 0.391 e. The molecule has 0 atom stereocenters. The van der Waals surface area contributed by atoms with Gasteiger partial charge in [-0.15, -0.1) is 0 Å². The van der Waals surface area contributed by atoms with E-state index in [2.05, 4.69) is 25.6 Å². The number of hydrogen-bond donors (Lipinski definition) is 3. The fourth-order valence-corrected chi connectivity index (χ4v) is 5.31. The normalized spacial score (nSPS) is 17.6. The van der Waals surface area contributed by atoms with Gasteiger partial charge in [-0.3, -0.25) is 9.59 Å². The number of aryl methyl sites for hydroxylation is 1. The molecule has 13 heteroatoms. The van der Waals surface area contributed by atoms with Gasteiger partial charge in [0.1, 0.15) is 11.4 Å². The van der Waals surface area contributed by atoms with Gasteiger partial charge < -0.3 is 20.4 Å². The first-order valence-electron chi connectivity index (χ1n) is 14.6. The van der Waals surface area contributed by atoms with Gasteiger partial charge in [0.2, 0.25) is 11.8 Å². The molecule has 44 heavy (non-hydrogen) atoms. The number of rotatable bonds is 9. The average molecular weight is 624 g/mol. The Bertz CT molecular complexity index is 1510. The van der Waals surface area contributed by atoms with Gasteiger partial charge in [0.15, 0.2) is 12.3 Å². The molecule has 1 aromatic carbocycles. The zero-order valence-corrected chi connectivity index (χ0v) is 25.4. The summed E-state index contributed by atoms with van der Waals surface area (Å²) in [5, 5.41) is 5.68. The number of fused-ring (bicyclic) bond motifs is 1. The van der Waals surface area contributed by atoms with Crippen LogP contribution in [0.25, 0.3) is 11.2 Å². The summed E-state index contributed by atoms with van der Waals surface area (Å²) in [4.78, 5) is 37.5. The number of aromatic nitrogens is 3. The number of aromatic amines is 1. The molecule has 0 radical (unpaired) electrons. The zero-order valence-electron chi connectivity index (χ0n) is 25.4. The molecule has 3 aromatic rings. The Balaban J connectivity index is 1.56. The number of benzene rings is 1. The number of nitrogens with zero attached hydrogens (tertiary/aromatic N) is 2. The first kappa shape index (κ1) is 33.1. The molecule has 1 aliphatic rings. The molecule has 0 bridgehead atoms. The summed E-state index contributed by atoms with van der Waals surface area (Å²) in [7, 11) is 0. The third-order valence-corrected chi connectivity index (χ3v) is 8.01. The van der Waals surface area contributed by atoms with E-state index in [4.69, 9.17) is 4.74 Å². The lowest BCUT2D eigenvalue weighted by molar-refractivity contribution is -0.182. The Morgan fingerprint density at radius 1 is 1.07 bits per heavy atom. The van der Waals surface area contributed by atoms with Gasteiger partial charge >= 0.3 is 6.18 Å². The zero-order chi connectivity index (χ0) is 32.4. The monoisotopic (exact) mass is 623 g/mol. The third kappa shape index (κ3) is 8.03. The van der Waals surface area contributed by atoms with E-state index in [1.54, 1.807) is 0 Å². The Kier molecular flexibility index (Phi) is 9.84. The first-order valence-corrected chi connectivity index (χ1v) is 14.6. The van der Waals surface area contributed by atoms with Crippen LogP contribution in [0, 0.1) is 25.2 Å². The molecule has 240 valence electrons. The lowest BCUT2D eigenvalue weighted by atomic mass is 9.85. The smallest absolute Gasteiger partial charge is 0.391 e. The number of amides is 2. The second kappa shape index (κ2) is 13.1. The van der Waals surface area contributed by atoms with Crippen LogP contribution >= 0.6 is 0 Å². The van der Waals surface area contributed by atoms with Crippen molar-refractivity contribution >= 4 is 23.0 Å². The van der Waals surface area contributed by atoms with Gasteiger partial charge in [-0.2, -0.15) is 18.2 Å². The van der Waals surface area contributed by atoms with Crippen molar-refractivity contribution in [1.29, 1.82) is 0 Å². The van der Waals surface area contributed by atoms with Crippen molar-refractivity contribution in [3.8, 4) is 5.88 Å². The van der Waals surface area contributed by atoms with Crippen molar-refractivity contribution in [1.82, 2.24) is 25.6 Å². The summed E-state index contributed by atoms with van der Waals surface area (Å²) in [5.74, 6) is -1.97. The van der Waals surface area contributed by atoms with Gasteiger partial charge in [-0.25, -0.2) is 13.8 Å². The number of H-pyrrole nitrogens is 1. The number of halogens is 5. The largest absolute Gasteiger partial charge is 0.471 e. The van der Waals surface area contributed by atoms with E-state index < -0.39 is 42.5 Å². The standard InChI is InChI=1S/C31H38F5N5O3/c1-16-6-7-18(14-37-29(43)30(3,4)5)17(2)21(16)13-25-39-23-12-22(28(41-26(23)40-25)44-15-24(32)33)27(42)38-20-10-8-19(9-11-20)31(34,35)36/h6-7,12,19-20,24H,8-11,13-15H2,1-5H3,(H,37,43)(H,38,42)(H,39,40,41). The highest BCUT2D eigenvalue weighted by atomic mass is 19.4. The van der Waals surface area contributed by atoms with Crippen LogP contribution in [-0.4, -0.2) is 52.0 Å². The number of hydrogen-bond acceptors (Lipinski definition) is 5. The summed E-state index contributed by atoms with van der Waals surface area (Å²) in [6.07, 6.45) is -6.65. The van der Waals surface area contributed by atoms with E-state index >= 15 is 0 Å². The van der Waals surface area contributed by atoms with Gasteiger partial charge in [0.05, 0.1) is 11.4 Å². The fraction of sp³-hybridized carbons (Fsp3) is 0.548. The summed E-state index contributed by atoms with van der Waals surface area (Å²) in [6.45, 7) is 8.80. The minimum Gasteiger partial charge on any atom is -0.471 e. The Morgan fingerprint density at radius 2 is 1.75 bits per heavy atom. The van der Waals surface area contributed by atoms with Crippen LogP contribution in [0.15, 0.2) is 18.2 Å². The van der Waals surface area contributed by atoms with E-state index in [1.807, 2.05) is 46.8 Å². The number of carbonyl (C=O) groups excluding carboxylic acids is 2. The summed E-state index contributed by atoms with van der Waals surface area (Å²) < 4.78 is 70.3. The predicted octanol–water partition coefficient (Wildman–Crippen LogP) is 6.32. The number of ether oxygens (including phenoxy) is 1. The number of nitrogens with one attached hydrogen (secondary N) is 3. The van der Waals surface area contributed by atoms with E-state index in [9.17, 15) is 31.5 Å². The number of imidazole rings is 1. The van der Waals surface area contributed by atoms with E-state index in [1.165, 1.54) is 6.07 Å². The molecule has 0 spiro atoms. The van der Waals surface area contributed by atoms with Crippen molar-refractivity contribution in [2.24, 2.45) is 11.3 Å². The summed E-state index contributed by atoms with van der Waals surface area (Å²) in [5.41, 5.74) is 3.81. The fourth-order valence-electron chi connectivity index (χ4n) is 5.31. The quantitative estimate of drug-likeness (QED) is 0.242. The van der Waals surface area contributed by atoms with Crippen molar-refractivity contribution < 1.29 is 36.3 Å². The van der Waals surface area contributed by atoms with E-state index in [0.717, 1.165) is 22.3 Å². The molecule has 0 aliphatic heterocycles. The van der Waals surface area contributed by atoms with Crippen LogP contribution in [0.4, 0.5) is 22.0 Å². The van der Waals surface area contributed by atoms with Gasteiger partial charge in [0.25, 0.3) is 12.3 Å². The van der Waals surface area contributed by atoms with Crippen molar-refractivity contribution in [3.05, 3.63) is 51.8 Å². The molecule has 1 fully saturated rings. The minimum absolute atomic E-state index is 0.0684. The highest BCUT2D eigenvalue weighted by Crippen LogP contribution is 2.37. The van der Waals surface area contributed by atoms with E-state index in [-0.39, 0.29) is 48.7 Å². The second-order valence-corrected chi connectivity index (χ2v) is 12.4. The second-order valence-electron chi connectivity index (χ2n) is 12.4. The van der Waals surface area contributed by atoms with Crippen molar-refractivity contribution in [2.75, 3.05) is 6.61 Å². The average Bonchev–Trinajstić information content (AvgIpc) is 3.33. The maximum absolute atomic E-state index is 13.2. The molecule has 0 saturated heterocycles. The number of carbonyl (C=O) groups is 2. The number of pyridine rings is 1. The molecule has 2 amide bonds. The van der Waals surface area contributed by atoms with Crippen LogP contribution in [0.5, 0.6) is 5.88 Å². The van der Waals surface area contributed by atoms with Gasteiger partial charge in [-0.05, 0) is 67.9 Å². The maximum atomic E-state index is 13.2. The highest BCUT2D eigenvalue weighted by molar-refractivity contribution is 5.99. The van der Waals surface area contributed by atoms with Crippen LogP contribution < -0.4 is 15.4 Å². The molecule has 2 aromatic heterocycles. The Labute approximate surface area is 252 Å². The predicted molar refractivity (Wildman–Crippen MR) is 155 cm³/mol. The van der Waals surface area contributed by atoms with Gasteiger partial charge in [-0.1, -0.05) is 32.9 Å². The van der Waals surface area contributed by atoms with Crippen LogP contribution in [0.2, 0.25) is 0 Å². The summed E-state index contributed by atoms with van der Waals surface area (Å²) >= 11 is 0. The molecular formula is C31H38F5N5O3. The molecular weight excluding hydrogens is 585 g/mol. The molecule has 1 aliphatic carbocycles. The van der Waals surface area contributed by atoms with Crippen molar-refractivity contribution in [3.63, 3.8) is 0 Å².